The summed E-state index contributed by atoms with van der Waals surface area (Å²) in [5, 5.41) is 0. The Morgan fingerprint density at radius 3 is 1.26 bits per heavy atom. The lowest BCUT2D eigenvalue weighted by Gasteiger charge is -2.18. The Balaban J connectivity index is 4.57. The summed E-state index contributed by atoms with van der Waals surface area (Å²) in [5.74, 6) is -1.07. The Kier molecular flexibility index (Phi) is 46.1. The Bertz CT molecular complexity index is 1350. The molecular weight excluding hydrogens is 769 g/mol. The average Bonchev–Trinajstić information content (AvgIpc) is 3.27. The van der Waals surface area contributed by atoms with Crippen molar-refractivity contribution in [2.45, 2.75) is 200 Å². The first-order valence-electron chi connectivity index (χ1n) is 24.6. The quantitative estimate of drug-likeness (QED) is 0.0200. The van der Waals surface area contributed by atoms with E-state index >= 15 is 0 Å². The van der Waals surface area contributed by atoms with Crippen molar-refractivity contribution >= 4 is 17.9 Å². The first-order valence-corrected chi connectivity index (χ1v) is 24.6. The lowest BCUT2D eigenvalue weighted by atomic mass is 10.1. The standard InChI is InChI=1S/C56H88O6/c1-4-7-10-13-16-19-22-25-26-27-28-29-32-34-37-40-43-46-49-55(58)61-52-53(62-56(59)50-47-44-41-38-35-31-24-21-18-15-12-9-6-3)51-60-54(57)48-45-42-39-36-33-30-23-20-17-14-11-8-5-2/h9,12,15-16,18-19,21-22,24-31,33,35,39,42,53H,4-8,10-11,13-14,17,20,23,32,34,36-38,40-41,43-52H2,1-3H3/b12-9+,18-15+,19-16+,24-21+,25-22+,27-26+,29-28+,33-30+,35-31+,42-39+. The van der Waals surface area contributed by atoms with E-state index in [2.05, 4.69) is 99.8 Å². The second kappa shape index (κ2) is 49.5. The molecule has 0 rings (SSSR count). The molecule has 0 aliphatic heterocycles. The minimum Gasteiger partial charge on any atom is -0.462 e. The third-order valence-corrected chi connectivity index (χ3v) is 9.87. The van der Waals surface area contributed by atoms with E-state index < -0.39 is 6.10 Å². The lowest BCUT2D eigenvalue weighted by molar-refractivity contribution is -0.166. The van der Waals surface area contributed by atoms with Crippen LogP contribution >= 0.6 is 0 Å². The van der Waals surface area contributed by atoms with Gasteiger partial charge >= 0.3 is 17.9 Å². The highest BCUT2D eigenvalue weighted by Gasteiger charge is 2.19. The monoisotopic (exact) mass is 857 g/mol. The van der Waals surface area contributed by atoms with Gasteiger partial charge in [0.1, 0.15) is 13.2 Å². The highest BCUT2D eigenvalue weighted by molar-refractivity contribution is 5.71. The normalized spacial score (nSPS) is 13.1. The molecule has 0 saturated carbocycles. The molecule has 0 aliphatic carbocycles. The minimum absolute atomic E-state index is 0.127. The van der Waals surface area contributed by atoms with Gasteiger partial charge in [-0.25, -0.2) is 0 Å². The molecule has 0 bridgehead atoms. The molecule has 0 amide bonds. The van der Waals surface area contributed by atoms with Gasteiger partial charge in [0.15, 0.2) is 6.10 Å². The fourth-order valence-electron chi connectivity index (χ4n) is 6.16. The smallest absolute Gasteiger partial charge is 0.306 e. The molecule has 1 atom stereocenters. The number of carbonyl (C=O) groups is 3. The molecule has 0 radical (unpaired) electrons. The maximum absolute atomic E-state index is 12.7. The number of ether oxygens (including phenoxy) is 3. The molecule has 0 aromatic heterocycles. The summed E-state index contributed by atoms with van der Waals surface area (Å²) in [7, 11) is 0. The van der Waals surface area contributed by atoms with Crippen LogP contribution in [0.15, 0.2) is 122 Å². The van der Waals surface area contributed by atoms with Crippen molar-refractivity contribution in [3.63, 3.8) is 0 Å². The molecule has 0 saturated heterocycles. The first-order chi connectivity index (χ1) is 30.5. The predicted molar refractivity (Wildman–Crippen MR) is 265 cm³/mol. The molecule has 6 heteroatoms. The Labute approximate surface area is 380 Å². The summed E-state index contributed by atoms with van der Waals surface area (Å²) < 4.78 is 16.6. The van der Waals surface area contributed by atoms with Gasteiger partial charge < -0.3 is 14.2 Å². The first kappa shape index (κ1) is 57.8. The van der Waals surface area contributed by atoms with Gasteiger partial charge in [0.2, 0.25) is 0 Å². The third-order valence-electron chi connectivity index (χ3n) is 9.87. The number of carbonyl (C=O) groups excluding carboxylic acids is 3. The van der Waals surface area contributed by atoms with Crippen LogP contribution in [0.1, 0.15) is 194 Å². The number of allylic oxidation sites excluding steroid dienone is 20. The maximum Gasteiger partial charge on any atom is 0.306 e. The number of hydrogen-bond acceptors (Lipinski definition) is 6. The topological polar surface area (TPSA) is 78.9 Å². The zero-order valence-electron chi connectivity index (χ0n) is 39.6. The van der Waals surface area contributed by atoms with E-state index in [9.17, 15) is 14.4 Å². The van der Waals surface area contributed by atoms with Gasteiger partial charge in [0, 0.05) is 19.3 Å². The van der Waals surface area contributed by atoms with Crippen molar-refractivity contribution in [2.75, 3.05) is 13.2 Å². The molecule has 0 aromatic carbocycles. The Morgan fingerprint density at radius 1 is 0.355 bits per heavy atom. The summed E-state index contributed by atoms with van der Waals surface area (Å²) in [6.45, 7) is 6.31. The fourth-order valence-corrected chi connectivity index (χ4v) is 6.16. The van der Waals surface area contributed by atoms with Gasteiger partial charge in [0.05, 0.1) is 0 Å². The predicted octanol–water partition coefficient (Wildman–Crippen LogP) is 16.1. The highest BCUT2D eigenvalue weighted by atomic mass is 16.6. The van der Waals surface area contributed by atoms with Crippen LogP contribution in [-0.4, -0.2) is 37.2 Å². The molecule has 0 fully saturated rings. The van der Waals surface area contributed by atoms with Gasteiger partial charge in [-0.1, -0.05) is 213 Å². The molecule has 0 heterocycles. The molecular formula is C56H88O6. The van der Waals surface area contributed by atoms with Crippen LogP contribution in [0.3, 0.4) is 0 Å². The van der Waals surface area contributed by atoms with Crippen LogP contribution in [-0.2, 0) is 28.6 Å². The highest BCUT2D eigenvalue weighted by Crippen LogP contribution is 2.11. The molecule has 0 N–H and O–H groups in total. The van der Waals surface area contributed by atoms with Crippen LogP contribution in [0.4, 0.5) is 0 Å². The van der Waals surface area contributed by atoms with Crippen LogP contribution < -0.4 is 0 Å². The number of unbranched alkanes of at least 4 members (excludes halogenated alkanes) is 17. The average molecular weight is 857 g/mol. The molecule has 1 unspecified atom stereocenters. The van der Waals surface area contributed by atoms with E-state index in [1.54, 1.807) is 0 Å². The molecule has 0 spiro atoms. The molecule has 62 heavy (non-hydrogen) atoms. The molecule has 0 aliphatic rings. The summed E-state index contributed by atoms with van der Waals surface area (Å²) in [5.41, 5.74) is 0. The van der Waals surface area contributed by atoms with Crippen molar-refractivity contribution in [3.05, 3.63) is 122 Å². The maximum atomic E-state index is 12.7. The van der Waals surface area contributed by atoms with E-state index in [4.69, 9.17) is 14.2 Å². The second-order valence-corrected chi connectivity index (χ2v) is 15.8. The van der Waals surface area contributed by atoms with Gasteiger partial charge in [-0.3, -0.25) is 14.4 Å². The fraction of sp³-hybridized carbons (Fsp3) is 0.589. The van der Waals surface area contributed by atoms with Crippen molar-refractivity contribution in [3.8, 4) is 0 Å². The van der Waals surface area contributed by atoms with Crippen molar-refractivity contribution in [1.82, 2.24) is 0 Å². The van der Waals surface area contributed by atoms with Crippen molar-refractivity contribution in [2.24, 2.45) is 0 Å². The minimum atomic E-state index is -0.833. The zero-order chi connectivity index (χ0) is 45.1. The van der Waals surface area contributed by atoms with Crippen molar-refractivity contribution in [1.29, 1.82) is 0 Å². The van der Waals surface area contributed by atoms with E-state index in [0.29, 0.717) is 19.3 Å². The largest absolute Gasteiger partial charge is 0.462 e. The van der Waals surface area contributed by atoms with Gasteiger partial charge in [-0.05, 0) is 83.5 Å². The van der Waals surface area contributed by atoms with Gasteiger partial charge in [-0.15, -0.1) is 0 Å². The van der Waals surface area contributed by atoms with Crippen molar-refractivity contribution < 1.29 is 28.6 Å². The molecule has 0 aromatic rings. The third kappa shape index (κ3) is 46.9. The Hall–Kier alpha value is -4.19. The summed E-state index contributed by atoms with van der Waals surface area (Å²) in [6, 6.07) is 0. The van der Waals surface area contributed by atoms with Crippen LogP contribution in [0.5, 0.6) is 0 Å². The van der Waals surface area contributed by atoms with E-state index in [-0.39, 0.29) is 44.0 Å². The zero-order valence-corrected chi connectivity index (χ0v) is 39.6. The van der Waals surface area contributed by atoms with E-state index in [1.807, 2.05) is 42.5 Å². The second-order valence-electron chi connectivity index (χ2n) is 15.8. The Morgan fingerprint density at radius 2 is 0.726 bits per heavy atom. The number of rotatable bonds is 42. The summed E-state index contributed by atoms with van der Waals surface area (Å²) >= 11 is 0. The van der Waals surface area contributed by atoms with Gasteiger partial charge in [-0.2, -0.15) is 0 Å². The lowest BCUT2D eigenvalue weighted by Crippen LogP contribution is -2.30. The molecule has 6 nitrogen and oxygen atoms in total. The van der Waals surface area contributed by atoms with Crippen LogP contribution in [0.25, 0.3) is 0 Å². The van der Waals surface area contributed by atoms with E-state index in [0.717, 1.165) is 83.5 Å². The number of hydrogen-bond donors (Lipinski definition) is 0. The number of esters is 3. The molecule has 348 valence electrons. The van der Waals surface area contributed by atoms with Crippen LogP contribution in [0.2, 0.25) is 0 Å². The summed E-state index contributed by atoms with van der Waals surface area (Å²) in [4.78, 5) is 37.8. The van der Waals surface area contributed by atoms with Gasteiger partial charge in [0.25, 0.3) is 0 Å². The SMILES string of the molecule is CC/C=C/C=C/C=C/C=C/CCCCCC(=O)OC(COC(=O)CC/C=C/C/C=C/CCCCCCCC)COC(=O)CCCCCCC/C=C/C=C/C=C/C=C/CCCCC. The van der Waals surface area contributed by atoms with E-state index in [1.165, 1.54) is 57.8 Å². The summed E-state index contributed by atoms with van der Waals surface area (Å²) in [6.07, 6.45) is 67.6. The van der Waals surface area contributed by atoms with Crippen LogP contribution in [0, 0.1) is 0 Å².